The molecule has 3 N–H and O–H groups in total. The predicted molar refractivity (Wildman–Crippen MR) is 115 cm³/mol. The third-order valence-electron chi connectivity index (χ3n) is 4.23. The summed E-state index contributed by atoms with van der Waals surface area (Å²) >= 11 is 0. The van der Waals surface area contributed by atoms with Crippen molar-refractivity contribution in [1.29, 1.82) is 0 Å². The highest BCUT2D eigenvalue weighted by Gasteiger charge is 2.12. The van der Waals surface area contributed by atoms with Gasteiger partial charge in [0.15, 0.2) is 11.5 Å². The molecule has 3 aromatic rings. The summed E-state index contributed by atoms with van der Waals surface area (Å²) in [5.74, 6) is 1.78. The molecule has 0 aliphatic heterocycles. The standard InChI is InChI=1S/C23H25N3O3/c1-3-4-14-28-20-10-5-6-11-21(20)29-18-9-7-8-17(15-18)26-23(27)19-13-12-16(2)25-22(19)24/h5-13,15H,3-4,14H2,1-2H3,(H2,24,25)(H,26,27). The van der Waals surface area contributed by atoms with Gasteiger partial charge < -0.3 is 20.5 Å². The highest BCUT2D eigenvalue weighted by molar-refractivity contribution is 6.07. The molecular weight excluding hydrogens is 366 g/mol. The Bertz CT molecular complexity index is 989. The first-order chi connectivity index (χ1) is 14.1. The van der Waals surface area contributed by atoms with Crippen LogP contribution < -0.4 is 20.5 Å². The second kappa shape index (κ2) is 9.59. The number of carbonyl (C=O) groups excluding carboxylic acids is 1. The molecule has 0 radical (unpaired) electrons. The topological polar surface area (TPSA) is 86.5 Å². The first-order valence-electron chi connectivity index (χ1n) is 9.61. The molecule has 1 aromatic heterocycles. The molecule has 0 unspecified atom stereocenters. The third-order valence-corrected chi connectivity index (χ3v) is 4.23. The van der Waals surface area contributed by atoms with Gasteiger partial charge in [-0.2, -0.15) is 0 Å². The van der Waals surface area contributed by atoms with Gasteiger partial charge in [-0.25, -0.2) is 4.98 Å². The zero-order valence-electron chi connectivity index (χ0n) is 16.6. The Morgan fingerprint density at radius 3 is 2.62 bits per heavy atom. The van der Waals surface area contributed by atoms with Crippen LogP contribution in [-0.4, -0.2) is 17.5 Å². The number of amides is 1. The van der Waals surface area contributed by atoms with E-state index in [1.165, 1.54) is 0 Å². The fourth-order valence-corrected chi connectivity index (χ4v) is 2.71. The number of carbonyl (C=O) groups is 1. The number of anilines is 2. The van der Waals surface area contributed by atoms with Gasteiger partial charge in [-0.05, 0) is 49.7 Å². The van der Waals surface area contributed by atoms with Crippen molar-refractivity contribution in [3.63, 3.8) is 0 Å². The van der Waals surface area contributed by atoms with Gasteiger partial charge in [0.2, 0.25) is 0 Å². The van der Waals surface area contributed by atoms with Crippen molar-refractivity contribution < 1.29 is 14.3 Å². The van der Waals surface area contributed by atoms with Crippen LogP contribution in [-0.2, 0) is 0 Å². The van der Waals surface area contributed by atoms with Gasteiger partial charge in [0.25, 0.3) is 5.91 Å². The number of nitrogen functional groups attached to an aromatic ring is 1. The number of hydrogen-bond donors (Lipinski definition) is 2. The molecule has 3 rings (SSSR count). The Hall–Kier alpha value is -3.54. The lowest BCUT2D eigenvalue weighted by Crippen LogP contribution is -2.15. The van der Waals surface area contributed by atoms with Crippen LogP contribution in [0.15, 0.2) is 60.7 Å². The maximum absolute atomic E-state index is 12.5. The Morgan fingerprint density at radius 1 is 1.07 bits per heavy atom. The van der Waals surface area contributed by atoms with E-state index in [1.807, 2.05) is 43.3 Å². The van der Waals surface area contributed by atoms with Crippen LogP contribution in [0.1, 0.15) is 35.8 Å². The van der Waals surface area contributed by atoms with Crippen molar-refractivity contribution in [3.8, 4) is 17.2 Å². The zero-order chi connectivity index (χ0) is 20.6. The molecule has 0 aliphatic carbocycles. The van der Waals surface area contributed by atoms with Gasteiger partial charge in [-0.1, -0.05) is 31.5 Å². The highest BCUT2D eigenvalue weighted by Crippen LogP contribution is 2.32. The number of hydrogen-bond acceptors (Lipinski definition) is 5. The molecule has 0 fully saturated rings. The van der Waals surface area contributed by atoms with E-state index in [0.29, 0.717) is 35.1 Å². The summed E-state index contributed by atoms with van der Waals surface area (Å²) in [5.41, 5.74) is 7.55. The monoisotopic (exact) mass is 391 g/mol. The predicted octanol–water partition coefficient (Wildman–Crippen LogP) is 5.20. The summed E-state index contributed by atoms with van der Waals surface area (Å²) in [4.78, 5) is 16.7. The maximum Gasteiger partial charge on any atom is 0.259 e. The molecule has 2 aromatic carbocycles. The van der Waals surface area contributed by atoms with Crippen LogP contribution in [0.25, 0.3) is 0 Å². The molecule has 0 atom stereocenters. The lowest BCUT2D eigenvalue weighted by Gasteiger charge is -2.13. The molecule has 1 heterocycles. The van der Waals surface area contributed by atoms with E-state index in [-0.39, 0.29) is 11.7 Å². The van der Waals surface area contributed by atoms with Crippen LogP contribution in [0, 0.1) is 6.92 Å². The van der Waals surface area contributed by atoms with E-state index < -0.39 is 0 Å². The second-order valence-corrected chi connectivity index (χ2v) is 6.62. The Labute approximate surface area is 170 Å². The fourth-order valence-electron chi connectivity index (χ4n) is 2.71. The molecule has 0 saturated carbocycles. The number of pyridine rings is 1. The van der Waals surface area contributed by atoms with E-state index in [1.54, 1.807) is 24.3 Å². The van der Waals surface area contributed by atoms with Crippen molar-refractivity contribution in [2.24, 2.45) is 0 Å². The van der Waals surface area contributed by atoms with E-state index in [9.17, 15) is 4.79 Å². The zero-order valence-corrected chi connectivity index (χ0v) is 16.6. The minimum atomic E-state index is -0.324. The summed E-state index contributed by atoms with van der Waals surface area (Å²) < 4.78 is 11.8. The summed E-state index contributed by atoms with van der Waals surface area (Å²) in [7, 11) is 0. The van der Waals surface area contributed by atoms with Crippen molar-refractivity contribution >= 4 is 17.4 Å². The number of aryl methyl sites for hydroxylation is 1. The van der Waals surface area contributed by atoms with Crippen LogP contribution in [0.3, 0.4) is 0 Å². The molecular formula is C23H25N3O3. The van der Waals surface area contributed by atoms with Crippen molar-refractivity contribution in [3.05, 3.63) is 71.9 Å². The largest absolute Gasteiger partial charge is 0.490 e. The maximum atomic E-state index is 12.5. The molecule has 0 saturated heterocycles. The number of nitrogens with zero attached hydrogens (tertiary/aromatic N) is 1. The van der Waals surface area contributed by atoms with Crippen molar-refractivity contribution in [2.75, 3.05) is 17.7 Å². The molecule has 150 valence electrons. The van der Waals surface area contributed by atoms with Crippen molar-refractivity contribution in [2.45, 2.75) is 26.7 Å². The lowest BCUT2D eigenvalue weighted by molar-refractivity contribution is 0.102. The smallest absolute Gasteiger partial charge is 0.259 e. The van der Waals surface area contributed by atoms with Crippen LogP contribution in [0.5, 0.6) is 17.2 Å². The molecule has 1 amide bonds. The minimum absolute atomic E-state index is 0.202. The normalized spacial score (nSPS) is 10.4. The van der Waals surface area contributed by atoms with Gasteiger partial charge in [0, 0.05) is 17.4 Å². The van der Waals surface area contributed by atoms with Crippen LogP contribution >= 0.6 is 0 Å². The number of ether oxygens (including phenoxy) is 2. The quantitative estimate of drug-likeness (QED) is 0.516. The molecule has 6 nitrogen and oxygen atoms in total. The Morgan fingerprint density at radius 2 is 1.86 bits per heavy atom. The van der Waals surface area contributed by atoms with Crippen molar-refractivity contribution in [1.82, 2.24) is 4.98 Å². The average molecular weight is 391 g/mol. The number of rotatable bonds is 8. The fraction of sp³-hybridized carbons (Fsp3) is 0.217. The van der Waals surface area contributed by atoms with Gasteiger partial charge in [-0.15, -0.1) is 0 Å². The Balaban J connectivity index is 1.72. The SMILES string of the molecule is CCCCOc1ccccc1Oc1cccc(NC(=O)c2ccc(C)nc2N)c1. The van der Waals surface area contributed by atoms with Gasteiger partial charge in [-0.3, -0.25) is 4.79 Å². The summed E-state index contributed by atoms with van der Waals surface area (Å²) in [6, 6.07) is 18.1. The van der Waals surface area contributed by atoms with E-state index in [0.717, 1.165) is 18.5 Å². The van der Waals surface area contributed by atoms with E-state index >= 15 is 0 Å². The number of benzene rings is 2. The first kappa shape index (κ1) is 20.2. The van der Waals surface area contributed by atoms with Gasteiger partial charge in [0.05, 0.1) is 12.2 Å². The molecule has 0 spiro atoms. The van der Waals surface area contributed by atoms with Crippen LogP contribution in [0.4, 0.5) is 11.5 Å². The number of unbranched alkanes of at least 4 members (excludes halogenated alkanes) is 1. The average Bonchev–Trinajstić information content (AvgIpc) is 2.69. The Kier molecular flexibility index (Phi) is 6.68. The number of nitrogens with one attached hydrogen (secondary N) is 1. The first-order valence-corrected chi connectivity index (χ1v) is 9.61. The molecule has 6 heteroatoms. The summed E-state index contributed by atoms with van der Waals surface area (Å²) in [6.45, 7) is 4.58. The van der Waals surface area contributed by atoms with Gasteiger partial charge in [0.1, 0.15) is 11.6 Å². The summed E-state index contributed by atoms with van der Waals surface area (Å²) in [6.07, 6.45) is 2.04. The van der Waals surface area contributed by atoms with Crippen LogP contribution in [0.2, 0.25) is 0 Å². The number of aromatic nitrogens is 1. The second-order valence-electron chi connectivity index (χ2n) is 6.62. The molecule has 0 bridgehead atoms. The van der Waals surface area contributed by atoms with E-state index in [4.69, 9.17) is 15.2 Å². The number of nitrogens with two attached hydrogens (primary N) is 1. The van der Waals surface area contributed by atoms with E-state index in [2.05, 4.69) is 17.2 Å². The highest BCUT2D eigenvalue weighted by atomic mass is 16.5. The summed E-state index contributed by atoms with van der Waals surface area (Å²) in [5, 5.41) is 2.83. The minimum Gasteiger partial charge on any atom is -0.490 e. The third kappa shape index (κ3) is 5.48. The lowest BCUT2D eigenvalue weighted by atomic mass is 10.2. The number of para-hydroxylation sites is 2. The molecule has 0 aliphatic rings. The molecule has 29 heavy (non-hydrogen) atoms. The van der Waals surface area contributed by atoms with Gasteiger partial charge >= 0.3 is 0 Å².